The summed E-state index contributed by atoms with van der Waals surface area (Å²) in [6.07, 6.45) is 0. The van der Waals surface area contributed by atoms with Gasteiger partial charge >= 0.3 is 5.97 Å². The first-order chi connectivity index (χ1) is 17.7. The number of carboxylic acid groups (broad SMARTS) is 1. The van der Waals surface area contributed by atoms with E-state index in [0.29, 0.717) is 22.0 Å². The van der Waals surface area contributed by atoms with Crippen molar-refractivity contribution in [2.75, 3.05) is 4.31 Å². The van der Waals surface area contributed by atoms with Crippen LogP contribution < -0.4 is 9.62 Å². The summed E-state index contributed by atoms with van der Waals surface area (Å²) in [6.45, 7) is 3.45. The third-order valence-electron chi connectivity index (χ3n) is 5.97. The van der Waals surface area contributed by atoms with E-state index in [0.717, 1.165) is 21.9 Å². The van der Waals surface area contributed by atoms with Crippen LogP contribution in [-0.4, -0.2) is 31.8 Å². The summed E-state index contributed by atoms with van der Waals surface area (Å²) in [6, 6.07) is 23.4. The van der Waals surface area contributed by atoms with Crippen molar-refractivity contribution in [3.8, 4) is 11.1 Å². The van der Waals surface area contributed by atoms with Gasteiger partial charge in [-0.1, -0.05) is 67.9 Å². The first-order valence-corrected chi connectivity index (χ1v) is 12.9. The van der Waals surface area contributed by atoms with Crippen molar-refractivity contribution in [2.24, 2.45) is 5.92 Å². The molecular formula is C28H24ClN2O5S-. The Morgan fingerprint density at radius 2 is 1.59 bits per heavy atom. The molecule has 0 saturated carbocycles. The second-order valence-corrected chi connectivity index (χ2v) is 10.0. The minimum Gasteiger partial charge on any atom is -0.755 e. The van der Waals surface area contributed by atoms with Crippen LogP contribution in [0.25, 0.3) is 21.9 Å². The van der Waals surface area contributed by atoms with Gasteiger partial charge < -0.3 is 15.0 Å². The van der Waals surface area contributed by atoms with Gasteiger partial charge in [0.15, 0.2) is 0 Å². The standard InChI is InChI=1S/C28H25ClN2O5S/c1-17(2)26(28(33)34)30-27(32)19-11-9-18(10-12-19)20-5-3-7-22(15-20)31(37(35)36)23-13-14-24-21(16-23)6-4-8-25(24)29/h3-17,26H,1-2H3,(H,30,32)(H,33,34)(H,35,36)/p-1. The number of anilines is 2. The maximum atomic E-state index is 12.5. The van der Waals surface area contributed by atoms with Crippen LogP contribution in [0.5, 0.6) is 0 Å². The predicted molar refractivity (Wildman–Crippen MR) is 146 cm³/mol. The SMILES string of the molecule is CC(C)C(NC(=O)c1ccc(-c2cccc(N(c3ccc4c(Cl)cccc4c3)S(=O)[O-])c2)cc1)C(=O)O. The Morgan fingerprint density at radius 3 is 2.24 bits per heavy atom. The number of carbonyl (C=O) groups is 2. The number of benzene rings is 4. The van der Waals surface area contributed by atoms with Gasteiger partial charge in [0.25, 0.3) is 5.91 Å². The first-order valence-electron chi connectivity index (χ1n) is 11.5. The molecule has 0 aliphatic rings. The molecule has 0 aliphatic heterocycles. The van der Waals surface area contributed by atoms with E-state index in [1.807, 2.05) is 18.2 Å². The van der Waals surface area contributed by atoms with Crippen LogP contribution in [0.2, 0.25) is 5.02 Å². The van der Waals surface area contributed by atoms with Gasteiger partial charge in [0.05, 0.1) is 22.6 Å². The van der Waals surface area contributed by atoms with Gasteiger partial charge in [-0.05, 0) is 64.9 Å². The van der Waals surface area contributed by atoms with Crippen molar-refractivity contribution >= 4 is 56.9 Å². The van der Waals surface area contributed by atoms with Crippen LogP contribution in [0.4, 0.5) is 11.4 Å². The van der Waals surface area contributed by atoms with Crippen molar-refractivity contribution in [1.82, 2.24) is 5.32 Å². The number of hydrogen-bond donors (Lipinski definition) is 2. The lowest BCUT2D eigenvalue weighted by molar-refractivity contribution is -0.140. The summed E-state index contributed by atoms with van der Waals surface area (Å²) in [4.78, 5) is 23.9. The molecule has 37 heavy (non-hydrogen) atoms. The lowest BCUT2D eigenvalue weighted by atomic mass is 10.0. The Bertz CT molecular complexity index is 1490. The van der Waals surface area contributed by atoms with Gasteiger partial charge in [-0.25, -0.2) is 4.79 Å². The van der Waals surface area contributed by atoms with E-state index < -0.39 is 29.2 Å². The molecule has 0 spiro atoms. The number of carboxylic acids is 1. The molecule has 2 atom stereocenters. The normalized spacial score (nSPS) is 12.8. The third-order valence-corrected chi connectivity index (χ3v) is 7.02. The molecular weight excluding hydrogens is 512 g/mol. The number of amides is 1. The highest BCUT2D eigenvalue weighted by Gasteiger charge is 2.24. The number of fused-ring (bicyclic) bond motifs is 1. The van der Waals surface area contributed by atoms with Crippen LogP contribution in [0.1, 0.15) is 24.2 Å². The summed E-state index contributed by atoms with van der Waals surface area (Å²) < 4.78 is 25.7. The van der Waals surface area contributed by atoms with E-state index in [1.165, 1.54) is 4.31 Å². The molecule has 0 saturated heterocycles. The minimum atomic E-state index is -2.59. The molecule has 4 aromatic rings. The summed E-state index contributed by atoms with van der Waals surface area (Å²) in [7, 11) is 0. The average molecular weight is 536 g/mol. The monoisotopic (exact) mass is 535 g/mol. The lowest BCUT2D eigenvalue weighted by Crippen LogP contribution is -2.44. The largest absolute Gasteiger partial charge is 0.755 e. The van der Waals surface area contributed by atoms with Gasteiger partial charge in [0.1, 0.15) is 6.04 Å². The molecule has 7 nitrogen and oxygen atoms in total. The van der Waals surface area contributed by atoms with E-state index >= 15 is 0 Å². The topological polar surface area (TPSA) is 110 Å². The average Bonchev–Trinajstić information content (AvgIpc) is 2.87. The third kappa shape index (κ3) is 5.83. The molecule has 0 heterocycles. The van der Waals surface area contributed by atoms with E-state index in [2.05, 4.69) is 5.32 Å². The number of hydrogen-bond acceptors (Lipinski definition) is 4. The van der Waals surface area contributed by atoms with E-state index in [4.69, 9.17) is 11.6 Å². The van der Waals surface area contributed by atoms with Crippen LogP contribution >= 0.6 is 11.6 Å². The molecule has 1 amide bonds. The van der Waals surface area contributed by atoms with Gasteiger partial charge in [-0.15, -0.1) is 0 Å². The Labute approximate surface area is 222 Å². The highest BCUT2D eigenvalue weighted by Crippen LogP contribution is 2.34. The maximum Gasteiger partial charge on any atom is 0.326 e. The van der Waals surface area contributed by atoms with E-state index in [-0.39, 0.29) is 5.92 Å². The van der Waals surface area contributed by atoms with Crippen molar-refractivity contribution in [3.05, 3.63) is 95.5 Å². The summed E-state index contributed by atoms with van der Waals surface area (Å²) >= 11 is 3.66. The molecule has 2 unspecified atom stereocenters. The Kier molecular flexibility index (Phi) is 7.92. The number of carbonyl (C=O) groups excluding carboxylic acids is 1. The fourth-order valence-corrected chi connectivity index (χ4v) is 4.86. The number of nitrogens with zero attached hydrogens (tertiary/aromatic N) is 1. The van der Waals surface area contributed by atoms with Crippen molar-refractivity contribution < 1.29 is 23.5 Å². The lowest BCUT2D eigenvalue weighted by Gasteiger charge is -2.27. The molecule has 9 heteroatoms. The van der Waals surface area contributed by atoms with Gasteiger partial charge in [0, 0.05) is 16.0 Å². The molecule has 0 aromatic heterocycles. The number of aliphatic carboxylic acids is 1. The van der Waals surface area contributed by atoms with Crippen molar-refractivity contribution in [1.29, 1.82) is 0 Å². The molecule has 4 rings (SSSR count). The number of rotatable bonds is 8. The van der Waals surface area contributed by atoms with E-state index in [9.17, 15) is 23.5 Å². The van der Waals surface area contributed by atoms with Crippen molar-refractivity contribution in [2.45, 2.75) is 19.9 Å². The van der Waals surface area contributed by atoms with Gasteiger partial charge in [-0.3, -0.25) is 13.3 Å². The highest BCUT2D eigenvalue weighted by molar-refractivity contribution is 7.81. The van der Waals surface area contributed by atoms with E-state index in [1.54, 1.807) is 80.6 Å². The van der Waals surface area contributed by atoms with Crippen LogP contribution in [-0.2, 0) is 16.1 Å². The van der Waals surface area contributed by atoms with Crippen LogP contribution in [0.15, 0.2) is 84.9 Å². The van der Waals surface area contributed by atoms with Crippen molar-refractivity contribution in [3.63, 3.8) is 0 Å². The Balaban J connectivity index is 1.62. The van der Waals surface area contributed by atoms with Crippen LogP contribution in [0, 0.1) is 5.92 Å². The molecule has 0 bridgehead atoms. The highest BCUT2D eigenvalue weighted by atomic mass is 35.5. The Morgan fingerprint density at radius 1 is 0.919 bits per heavy atom. The zero-order chi connectivity index (χ0) is 26.7. The summed E-state index contributed by atoms with van der Waals surface area (Å²) in [5, 5.41) is 14.1. The fraction of sp³-hybridized carbons (Fsp3) is 0.143. The van der Waals surface area contributed by atoms with Gasteiger partial charge in [-0.2, -0.15) is 0 Å². The molecule has 190 valence electrons. The predicted octanol–water partition coefficient (Wildman–Crippen LogP) is 5.93. The quantitative estimate of drug-likeness (QED) is 0.272. The fourth-order valence-electron chi connectivity index (χ4n) is 4.04. The minimum absolute atomic E-state index is 0.266. The molecule has 0 radical (unpaired) electrons. The maximum absolute atomic E-state index is 12.5. The summed E-state index contributed by atoms with van der Waals surface area (Å²) in [5.74, 6) is -1.84. The summed E-state index contributed by atoms with van der Waals surface area (Å²) in [5.41, 5.74) is 2.73. The molecule has 4 aromatic carbocycles. The first kappa shape index (κ1) is 26.3. The number of halogens is 1. The zero-order valence-electron chi connectivity index (χ0n) is 20.1. The van der Waals surface area contributed by atoms with Gasteiger partial charge in [0.2, 0.25) is 0 Å². The second kappa shape index (κ2) is 11.1. The Hall–Kier alpha value is -3.72. The molecule has 0 aliphatic carbocycles. The second-order valence-electron chi connectivity index (χ2n) is 8.82. The number of nitrogens with one attached hydrogen (secondary N) is 1. The van der Waals surface area contributed by atoms with Crippen LogP contribution in [0.3, 0.4) is 0 Å². The molecule has 2 N–H and O–H groups in total. The zero-order valence-corrected chi connectivity index (χ0v) is 21.6. The smallest absolute Gasteiger partial charge is 0.326 e. The molecule has 0 fully saturated rings.